The smallest absolute Gasteiger partial charge is 0.341 e. The van der Waals surface area contributed by atoms with Crippen LogP contribution in [0.15, 0.2) is 52.5 Å². The second-order valence-electron chi connectivity index (χ2n) is 3.80. The van der Waals surface area contributed by atoms with Gasteiger partial charge < -0.3 is 9.84 Å². The maximum absolute atomic E-state index is 10.5. The number of aliphatic carboxylic acids is 1. The molecule has 2 rings (SSSR count). The lowest BCUT2D eigenvalue weighted by molar-refractivity contribution is -0.139. The largest absolute Gasteiger partial charge is 0.482 e. The molecule has 1 N–H and O–H groups in total. The van der Waals surface area contributed by atoms with Crippen LogP contribution < -0.4 is 4.74 Å². The van der Waals surface area contributed by atoms with Gasteiger partial charge in [0.05, 0.1) is 0 Å². The van der Waals surface area contributed by atoms with Gasteiger partial charge in [-0.3, -0.25) is 4.79 Å². The fraction of sp³-hybridized carbons (Fsp3) is 0.0714. The molecule has 0 atom stereocenters. The first kappa shape index (κ1) is 14.1. The van der Waals surface area contributed by atoms with E-state index in [1.807, 2.05) is 12.1 Å². The minimum atomic E-state index is -1.01. The number of pyridine rings is 1. The summed E-state index contributed by atoms with van der Waals surface area (Å²) in [5.74, 6) is -0.510. The Kier molecular flexibility index (Phi) is 4.73. The Morgan fingerprint density at radius 2 is 2.00 bits per heavy atom. The van der Waals surface area contributed by atoms with Gasteiger partial charge in [0.25, 0.3) is 0 Å². The van der Waals surface area contributed by atoms with Crippen molar-refractivity contribution in [2.75, 3.05) is 6.61 Å². The summed E-state index contributed by atoms with van der Waals surface area (Å²) in [5.41, 5.74) is 0.534. The fourth-order valence-corrected chi connectivity index (χ4v) is 2.15. The first-order valence-corrected chi connectivity index (χ1v) is 6.53. The highest BCUT2D eigenvalue weighted by atomic mass is 32.2. The summed E-state index contributed by atoms with van der Waals surface area (Å²) < 4.78 is 5.04. The van der Waals surface area contributed by atoms with Crippen LogP contribution in [0, 0.1) is 0 Å². The van der Waals surface area contributed by atoms with Crippen LogP contribution in [0.1, 0.15) is 10.4 Å². The number of carbonyl (C=O) groups excluding carboxylic acids is 1. The Bertz CT molecular complexity index is 596. The van der Waals surface area contributed by atoms with E-state index in [1.165, 1.54) is 18.0 Å². The second kappa shape index (κ2) is 6.72. The lowest BCUT2D eigenvalue weighted by atomic mass is 10.3. The van der Waals surface area contributed by atoms with Crippen molar-refractivity contribution in [3.8, 4) is 5.75 Å². The van der Waals surface area contributed by atoms with E-state index in [-0.39, 0.29) is 6.61 Å². The van der Waals surface area contributed by atoms with Crippen molar-refractivity contribution in [1.82, 2.24) is 4.98 Å². The number of carboxylic acids is 1. The van der Waals surface area contributed by atoms with E-state index in [0.29, 0.717) is 11.3 Å². The molecule has 20 heavy (non-hydrogen) atoms. The van der Waals surface area contributed by atoms with E-state index in [1.54, 1.807) is 24.3 Å². The van der Waals surface area contributed by atoms with E-state index >= 15 is 0 Å². The van der Waals surface area contributed by atoms with E-state index in [9.17, 15) is 9.59 Å². The van der Waals surface area contributed by atoms with Gasteiger partial charge in [-0.1, -0.05) is 11.8 Å². The molecule has 0 amide bonds. The molecule has 0 bridgehead atoms. The Hall–Kier alpha value is -2.34. The first-order valence-electron chi connectivity index (χ1n) is 5.71. The molecule has 0 saturated heterocycles. The van der Waals surface area contributed by atoms with Gasteiger partial charge in [0.15, 0.2) is 12.9 Å². The van der Waals surface area contributed by atoms with E-state index < -0.39 is 5.97 Å². The van der Waals surface area contributed by atoms with Crippen LogP contribution in [-0.2, 0) is 4.79 Å². The van der Waals surface area contributed by atoms with Gasteiger partial charge in [-0.2, -0.15) is 0 Å². The summed E-state index contributed by atoms with van der Waals surface area (Å²) in [6, 6.07) is 10.5. The molecule has 1 aromatic heterocycles. The molecular weight excluding hydrogens is 278 g/mol. The zero-order valence-electron chi connectivity index (χ0n) is 10.4. The molecule has 102 valence electrons. The highest BCUT2D eigenvalue weighted by Gasteiger charge is 2.02. The number of nitrogens with zero attached hydrogens (tertiary/aromatic N) is 1. The molecule has 0 spiro atoms. The van der Waals surface area contributed by atoms with Crippen LogP contribution >= 0.6 is 11.8 Å². The maximum Gasteiger partial charge on any atom is 0.341 e. The molecule has 0 fully saturated rings. The highest BCUT2D eigenvalue weighted by Crippen LogP contribution is 2.27. The van der Waals surface area contributed by atoms with Gasteiger partial charge >= 0.3 is 5.97 Å². The molecule has 0 aliphatic heterocycles. The van der Waals surface area contributed by atoms with Crippen molar-refractivity contribution in [2.24, 2.45) is 0 Å². The summed E-state index contributed by atoms with van der Waals surface area (Å²) in [4.78, 5) is 26.0. The molecule has 6 heteroatoms. The Balaban J connectivity index is 1.98. The van der Waals surface area contributed by atoms with Crippen molar-refractivity contribution < 1.29 is 19.4 Å². The Morgan fingerprint density at radius 3 is 2.55 bits per heavy atom. The van der Waals surface area contributed by atoms with Gasteiger partial charge in [0, 0.05) is 16.7 Å². The van der Waals surface area contributed by atoms with Gasteiger partial charge in [-0.05, 0) is 36.4 Å². The molecule has 5 nitrogen and oxygen atoms in total. The number of carboxylic acid groups (broad SMARTS) is 1. The maximum atomic E-state index is 10.5. The lowest BCUT2D eigenvalue weighted by Crippen LogP contribution is -2.09. The second-order valence-corrected chi connectivity index (χ2v) is 4.90. The molecule has 1 aromatic carbocycles. The summed E-state index contributed by atoms with van der Waals surface area (Å²) in [6.07, 6.45) is 2.26. The monoisotopic (exact) mass is 289 g/mol. The quantitative estimate of drug-likeness (QED) is 0.823. The first-order chi connectivity index (χ1) is 9.67. The SMILES string of the molecule is O=Cc1ccc(Sc2ccc(OCC(=O)O)cc2)nc1. The van der Waals surface area contributed by atoms with Crippen molar-refractivity contribution in [3.63, 3.8) is 0 Å². The zero-order chi connectivity index (χ0) is 14.4. The number of hydrogen-bond donors (Lipinski definition) is 1. The average Bonchev–Trinajstić information content (AvgIpc) is 2.47. The minimum absolute atomic E-state index is 0.360. The van der Waals surface area contributed by atoms with Crippen LogP contribution in [0.4, 0.5) is 0 Å². The number of aldehydes is 1. The Morgan fingerprint density at radius 1 is 1.25 bits per heavy atom. The summed E-state index contributed by atoms with van der Waals surface area (Å²) in [7, 11) is 0. The van der Waals surface area contributed by atoms with Crippen LogP contribution in [0.2, 0.25) is 0 Å². The van der Waals surface area contributed by atoms with Crippen LogP contribution in [-0.4, -0.2) is 29.0 Å². The third-order valence-electron chi connectivity index (χ3n) is 2.30. The average molecular weight is 289 g/mol. The van der Waals surface area contributed by atoms with Crippen molar-refractivity contribution in [1.29, 1.82) is 0 Å². The number of ether oxygens (including phenoxy) is 1. The molecule has 1 heterocycles. The van der Waals surface area contributed by atoms with Crippen molar-refractivity contribution >= 4 is 24.0 Å². The van der Waals surface area contributed by atoms with Gasteiger partial charge in [-0.25, -0.2) is 9.78 Å². The third kappa shape index (κ3) is 4.10. The highest BCUT2D eigenvalue weighted by molar-refractivity contribution is 7.99. The molecule has 0 aliphatic carbocycles. The number of rotatable bonds is 6. The molecule has 0 saturated carbocycles. The van der Waals surface area contributed by atoms with E-state index in [4.69, 9.17) is 9.84 Å². The van der Waals surface area contributed by atoms with Gasteiger partial charge in [-0.15, -0.1) is 0 Å². The number of hydrogen-bond acceptors (Lipinski definition) is 5. The normalized spacial score (nSPS) is 10.0. The van der Waals surface area contributed by atoms with Crippen LogP contribution in [0.5, 0.6) is 5.75 Å². The standard InChI is InChI=1S/C14H11NO4S/c16-8-10-1-6-13(15-7-10)20-12-4-2-11(3-5-12)19-9-14(17)18/h1-8H,9H2,(H,17,18). The van der Waals surface area contributed by atoms with Gasteiger partial charge in [0.2, 0.25) is 0 Å². The lowest BCUT2D eigenvalue weighted by Gasteiger charge is -2.04. The summed E-state index contributed by atoms with van der Waals surface area (Å²) >= 11 is 1.44. The minimum Gasteiger partial charge on any atom is -0.482 e. The van der Waals surface area contributed by atoms with Gasteiger partial charge in [0.1, 0.15) is 10.8 Å². The zero-order valence-corrected chi connectivity index (χ0v) is 11.2. The topological polar surface area (TPSA) is 76.5 Å². The Labute approximate surface area is 119 Å². The fourth-order valence-electron chi connectivity index (χ4n) is 1.39. The summed E-state index contributed by atoms with van der Waals surface area (Å²) in [5, 5.41) is 9.28. The van der Waals surface area contributed by atoms with Crippen molar-refractivity contribution in [3.05, 3.63) is 48.2 Å². The molecule has 2 aromatic rings. The molecular formula is C14H11NO4S. The molecule has 0 unspecified atom stereocenters. The van der Waals surface area contributed by atoms with E-state index in [0.717, 1.165) is 16.2 Å². The molecule has 0 aliphatic rings. The third-order valence-corrected chi connectivity index (χ3v) is 3.26. The van der Waals surface area contributed by atoms with Crippen molar-refractivity contribution in [2.45, 2.75) is 9.92 Å². The van der Waals surface area contributed by atoms with E-state index in [2.05, 4.69) is 4.98 Å². The predicted octanol–water partition coefficient (Wildman–Crippen LogP) is 2.51. The number of carbonyl (C=O) groups is 2. The molecule has 0 radical (unpaired) electrons. The number of aromatic nitrogens is 1. The summed E-state index contributed by atoms with van der Waals surface area (Å²) in [6.45, 7) is -0.360. The number of benzene rings is 1. The van der Waals surface area contributed by atoms with Crippen LogP contribution in [0.25, 0.3) is 0 Å². The predicted molar refractivity (Wildman–Crippen MR) is 73.3 cm³/mol. The van der Waals surface area contributed by atoms with Crippen LogP contribution in [0.3, 0.4) is 0 Å².